The van der Waals surface area contributed by atoms with Crippen molar-refractivity contribution in [3.63, 3.8) is 0 Å². The Kier molecular flexibility index (Phi) is 6.00. The van der Waals surface area contributed by atoms with Gasteiger partial charge in [0.2, 0.25) is 5.91 Å². The first-order valence-electron chi connectivity index (χ1n) is 8.95. The van der Waals surface area contributed by atoms with Crippen LogP contribution in [-0.2, 0) is 17.9 Å². The van der Waals surface area contributed by atoms with E-state index in [4.69, 9.17) is 4.42 Å². The molecular formula is C18H23N5O3S. The average Bonchev–Trinajstić information content (AvgIpc) is 3.28. The Morgan fingerprint density at radius 1 is 1.37 bits per heavy atom. The highest BCUT2D eigenvalue weighted by atomic mass is 32.2. The summed E-state index contributed by atoms with van der Waals surface area (Å²) in [7, 11) is 0. The average molecular weight is 389 g/mol. The van der Waals surface area contributed by atoms with Gasteiger partial charge in [-0.2, -0.15) is 5.10 Å². The van der Waals surface area contributed by atoms with E-state index in [9.17, 15) is 9.59 Å². The molecule has 0 aromatic carbocycles. The monoisotopic (exact) mass is 389 g/mol. The van der Waals surface area contributed by atoms with Crippen molar-refractivity contribution in [2.45, 2.75) is 45.4 Å². The quantitative estimate of drug-likeness (QED) is 0.469. The van der Waals surface area contributed by atoms with Crippen molar-refractivity contribution in [3.8, 4) is 0 Å². The molecule has 0 saturated heterocycles. The summed E-state index contributed by atoms with van der Waals surface area (Å²) >= 11 is 1.24. The Hall–Kier alpha value is -2.55. The van der Waals surface area contributed by atoms with Gasteiger partial charge in [-0.15, -0.1) is 0 Å². The van der Waals surface area contributed by atoms with Crippen LogP contribution in [0.2, 0.25) is 0 Å². The fraction of sp³-hybridized carbons (Fsp3) is 0.444. The van der Waals surface area contributed by atoms with Crippen LogP contribution >= 0.6 is 11.8 Å². The zero-order chi connectivity index (χ0) is 19.4. The fourth-order valence-corrected chi connectivity index (χ4v) is 3.59. The normalized spacial score (nSPS) is 11.2. The minimum atomic E-state index is -0.185. The summed E-state index contributed by atoms with van der Waals surface area (Å²) in [5.41, 5.74) is 1.57. The molecular weight excluding hydrogens is 366 g/mol. The predicted octanol–water partition coefficient (Wildman–Crippen LogP) is 2.18. The van der Waals surface area contributed by atoms with Gasteiger partial charge in [-0.1, -0.05) is 18.7 Å². The summed E-state index contributed by atoms with van der Waals surface area (Å²) in [6, 6.07) is 3.58. The van der Waals surface area contributed by atoms with Crippen LogP contribution in [0.25, 0.3) is 11.0 Å². The molecule has 0 spiro atoms. The number of hydrogen-bond donors (Lipinski definition) is 1. The lowest BCUT2D eigenvalue weighted by atomic mass is 10.3. The van der Waals surface area contributed by atoms with E-state index in [1.54, 1.807) is 27.6 Å². The van der Waals surface area contributed by atoms with Gasteiger partial charge >= 0.3 is 0 Å². The van der Waals surface area contributed by atoms with Crippen LogP contribution in [-0.4, -0.2) is 37.5 Å². The topological polar surface area (TPSA) is 95.0 Å². The second-order valence-electron chi connectivity index (χ2n) is 6.10. The number of hydrogen-bond acceptors (Lipinski definition) is 6. The SMILES string of the molecule is CCCNC(=O)CSc1nc2c(C)nn(CC)c2c(=O)n1Cc1ccco1. The number of carbonyl (C=O) groups excluding carboxylic acids is 1. The summed E-state index contributed by atoms with van der Waals surface area (Å²) in [6.07, 6.45) is 2.44. The lowest BCUT2D eigenvalue weighted by molar-refractivity contribution is -0.118. The predicted molar refractivity (Wildman–Crippen MR) is 104 cm³/mol. The highest BCUT2D eigenvalue weighted by Crippen LogP contribution is 2.21. The van der Waals surface area contributed by atoms with E-state index in [-0.39, 0.29) is 23.8 Å². The van der Waals surface area contributed by atoms with Crippen molar-refractivity contribution in [1.29, 1.82) is 0 Å². The van der Waals surface area contributed by atoms with Crippen LogP contribution < -0.4 is 10.9 Å². The van der Waals surface area contributed by atoms with Crippen molar-refractivity contribution in [2.24, 2.45) is 0 Å². The summed E-state index contributed by atoms with van der Waals surface area (Å²) in [6.45, 7) is 7.23. The number of furan rings is 1. The third-order valence-corrected chi connectivity index (χ3v) is 5.06. The van der Waals surface area contributed by atoms with E-state index in [2.05, 4.69) is 15.4 Å². The molecule has 0 radical (unpaired) electrons. The maximum atomic E-state index is 13.2. The van der Waals surface area contributed by atoms with Gasteiger partial charge in [0.05, 0.1) is 24.3 Å². The van der Waals surface area contributed by atoms with Gasteiger partial charge in [0.1, 0.15) is 11.3 Å². The summed E-state index contributed by atoms with van der Waals surface area (Å²) in [4.78, 5) is 29.8. The summed E-state index contributed by atoms with van der Waals surface area (Å²) in [5, 5.41) is 7.73. The first-order valence-corrected chi connectivity index (χ1v) is 9.93. The Labute approximate surface area is 161 Å². The minimum Gasteiger partial charge on any atom is -0.467 e. The van der Waals surface area contributed by atoms with E-state index in [0.717, 1.165) is 6.42 Å². The number of nitrogens with zero attached hydrogens (tertiary/aromatic N) is 4. The van der Waals surface area contributed by atoms with Gasteiger partial charge < -0.3 is 9.73 Å². The molecule has 3 heterocycles. The van der Waals surface area contributed by atoms with Crippen LogP contribution in [0, 0.1) is 6.92 Å². The summed E-state index contributed by atoms with van der Waals surface area (Å²) in [5.74, 6) is 0.758. The van der Waals surface area contributed by atoms with Gasteiger partial charge in [0, 0.05) is 13.1 Å². The van der Waals surface area contributed by atoms with Crippen molar-refractivity contribution in [1.82, 2.24) is 24.6 Å². The zero-order valence-corrected chi connectivity index (χ0v) is 16.5. The van der Waals surface area contributed by atoms with E-state index < -0.39 is 0 Å². The Bertz CT molecular complexity index is 991. The van der Waals surface area contributed by atoms with Gasteiger partial charge in [-0.05, 0) is 32.4 Å². The van der Waals surface area contributed by atoms with Crippen molar-refractivity contribution in [2.75, 3.05) is 12.3 Å². The fourth-order valence-electron chi connectivity index (χ4n) is 2.77. The second-order valence-corrected chi connectivity index (χ2v) is 7.04. The van der Waals surface area contributed by atoms with E-state index >= 15 is 0 Å². The highest BCUT2D eigenvalue weighted by Gasteiger charge is 2.19. The molecule has 0 saturated carbocycles. The molecule has 3 rings (SSSR count). The molecule has 0 fully saturated rings. The number of fused-ring (bicyclic) bond motifs is 1. The summed E-state index contributed by atoms with van der Waals surface area (Å²) < 4.78 is 8.62. The van der Waals surface area contributed by atoms with E-state index in [0.29, 0.717) is 40.7 Å². The Morgan fingerprint density at radius 2 is 2.19 bits per heavy atom. The van der Waals surface area contributed by atoms with Gasteiger partial charge in [-0.3, -0.25) is 18.8 Å². The molecule has 3 aromatic heterocycles. The smallest absolute Gasteiger partial charge is 0.280 e. The molecule has 0 aliphatic heterocycles. The number of nitrogens with one attached hydrogen (secondary N) is 1. The lowest BCUT2D eigenvalue weighted by Crippen LogP contribution is -2.28. The molecule has 144 valence electrons. The Morgan fingerprint density at radius 3 is 2.85 bits per heavy atom. The first-order chi connectivity index (χ1) is 13.0. The molecule has 0 aliphatic carbocycles. The molecule has 0 unspecified atom stereocenters. The lowest BCUT2D eigenvalue weighted by Gasteiger charge is -2.11. The standard InChI is InChI=1S/C18H23N5O3S/c1-4-8-19-14(24)11-27-18-20-15-12(3)21-23(5-2)16(15)17(25)22(18)10-13-7-6-9-26-13/h6-7,9H,4-5,8,10-11H2,1-3H3,(H,19,24). The third-order valence-electron chi connectivity index (χ3n) is 4.08. The van der Waals surface area contributed by atoms with Gasteiger partial charge in [0.15, 0.2) is 10.7 Å². The Balaban J connectivity index is 2.02. The van der Waals surface area contributed by atoms with Crippen LogP contribution in [0.15, 0.2) is 32.8 Å². The van der Waals surface area contributed by atoms with Crippen LogP contribution in [0.5, 0.6) is 0 Å². The number of aromatic nitrogens is 4. The largest absolute Gasteiger partial charge is 0.467 e. The maximum absolute atomic E-state index is 13.2. The molecule has 9 heteroatoms. The number of aryl methyl sites for hydroxylation is 2. The molecule has 3 aromatic rings. The van der Waals surface area contributed by atoms with E-state index in [1.165, 1.54) is 11.8 Å². The molecule has 1 N–H and O–H groups in total. The van der Waals surface area contributed by atoms with Gasteiger partial charge in [0.25, 0.3) is 5.56 Å². The van der Waals surface area contributed by atoms with E-state index in [1.807, 2.05) is 20.8 Å². The first kappa shape index (κ1) is 19.2. The van der Waals surface area contributed by atoms with Crippen LogP contribution in [0.3, 0.4) is 0 Å². The zero-order valence-electron chi connectivity index (χ0n) is 15.7. The number of rotatable bonds is 8. The number of thioether (sulfide) groups is 1. The molecule has 27 heavy (non-hydrogen) atoms. The number of carbonyl (C=O) groups is 1. The molecule has 0 atom stereocenters. The maximum Gasteiger partial charge on any atom is 0.280 e. The van der Waals surface area contributed by atoms with Crippen molar-refractivity contribution < 1.29 is 9.21 Å². The third kappa shape index (κ3) is 4.08. The van der Waals surface area contributed by atoms with Gasteiger partial charge in [-0.25, -0.2) is 4.98 Å². The number of amides is 1. The van der Waals surface area contributed by atoms with Crippen LogP contribution in [0.1, 0.15) is 31.7 Å². The highest BCUT2D eigenvalue weighted by molar-refractivity contribution is 7.99. The van der Waals surface area contributed by atoms with Crippen molar-refractivity contribution >= 4 is 28.7 Å². The molecule has 8 nitrogen and oxygen atoms in total. The molecule has 0 bridgehead atoms. The van der Waals surface area contributed by atoms with Crippen LogP contribution in [0.4, 0.5) is 0 Å². The van der Waals surface area contributed by atoms with Crippen molar-refractivity contribution in [3.05, 3.63) is 40.2 Å². The molecule has 1 amide bonds. The molecule has 0 aliphatic rings. The minimum absolute atomic E-state index is 0.0817. The second kappa shape index (κ2) is 8.43.